The molecule has 0 bridgehead atoms. The van der Waals surface area contributed by atoms with Crippen LogP contribution in [0.1, 0.15) is 18.8 Å². The molecule has 126 valence electrons. The van der Waals surface area contributed by atoms with Crippen molar-refractivity contribution in [1.82, 2.24) is 9.55 Å². The molecule has 0 aliphatic carbocycles. The normalized spacial score (nSPS) is 36.4. The number of ether oxygens (including phenoxy) is 1. The zero-order valence-corrected chi connectivity index (χ0v) is 13.1. The zero-order chi connectivity index (χ0) is 16.6. The highest BCUT2D eigenvalue weighted by atomic mass is 32.2. The van der Waals surface area contributed by atoms with Gasteiger partial charge in [-0.15, -0.1) is 0 Å². The van der Waals surface area contributed by atoms with E-state index in [0.717, 1.165) is 11.8 Å². The van der Waals surface area contributed by atoms with E-state index in [4.69, 9.17) is 4.74 Å². The molecule has 1 unspecified atom stereocenters. The Hall–Kier alpha value is -1.43. The number of aliphatic imine (C=N–C) groups is 1. The van der Waals surface area contributed by atoms with Crippen LogP contribution in [0.3, 0.4) is 0 Å². The van der Waals surface area contributed by atoms with Crippen molar-refractivity contribution in [2.24, 2.45) is 4.99 Å². The van der Waals surface area contributed by atoms with Crippen molar-refractivity contribution in [3.63, 3.8) is 0 Å². The van der Waals surface area contributed by atoms with Crippen LogP contribution < -0.4 is 5.32 Å². The molecule has 1 fully saturated rings. The van der Waals surface area contributed by atoms with Crippen LogP contribution >= 0.6 is 11.8 Å². The lowest BCUT2D eigenvalue weighted by Crippen LogP contribution is -2.33. The van der Waals surface area contributed by atoms with Crippen molar-refractivity contribution in [2.45, 2.75) is 36.5 Å². The van der Waals surface area contributed by atoms with Crippen LogP contribution in [-0.2, 0) is 9.79 Å². The molecule has 3 rings (SSSR count). The molecular weight excluding hydrogens is 324 g/mol. The van der Waals surface area contributed by atoms with Gasteiger partial charge < -0.3 is 30.5 Å². The molecule has 0 saturated carbocycles. The van der Waals surface area contributed by atoms with Crippen LogP contribution in [0, 0.1) is 0 Å². The van der Waals surface area contributed by atoms with Crippen LogP contribution in [0.15, 0.2) is 22.8 Å². The van der Waals surface area contributed by atoms with E-state index in [9.17, 15) is 20.4 Å². The number of fused-ring (bicyclic) bond motifs is 1. The smallest absolute Gasteiger partial charge is 0.258 e. The first-order valence-electron chi connectivity index (χ1n) is 7.03. The van der Waals surface area contributed by atoms with Gasteiger partial charge in [-0.3, -0.25) is 4.57 Å². The average molecular weight is 342 g/mol. The third-order valence-electron chi connectivity index (χ3n) is 3.70. The minimum atomic E-state index is -1.59. The molecule has 0 radical (unpaired) electrons. The van der Waals surface area contributed by atoms with Gasteiger partial charge >= 0.3 is 0 Å². The number of nitrogens with zero attached hydrogens (tertiary/aromatic N) is 3. The van der Waals surface area contributed by atoms with Crippen LogP contribution in [0.2, 0.25) is 0 Å². The molecule has 5 atom stereocenters. The number of nitrogens with one attached hydrogen (secondary N) is 1. The Kier molecular flexibility index (Phi) is 4.45. The van der Waals surface area contributed by atoms with Crippen molar-refractivity contribution < 1.29 is 25.2 Å². The van der Waals surface area contributed by atoms with Gasteiger partial charge in [-0.05, 0) is 12.3 Å². The molecule has 23 heavy (non-hydrogen) atoms. The van der Waals surface area contributed by atoms with Crippen LogP contribution in [0.4, 0.5) is 5.82 Å². The summed E-state index contributed by atoms with van der Waals surface area (Å²) >= 11 is 1.07. The highest BCUT2D eigenvalue weighted by molar-refractivity contribution is 8.02. The minimum Gasteiger partial charge on any atom is -0.394 e. The fraction of sp³-hybridized carbons (Fsp3) is 0.538. The van der Waals surface area contributed by atoms with E-state index in [0.29, 0.717) is 5.82 Å². The summed E-state index contributed by atoms with van der Waals surface area (Å²) in [7, 11) is 0. The largest absolute Gasteiger partial charge is 0.394 e. The van der Waals surface area contributed by atoms with Crippen molar-refractivity contribution in [3.8, 4) is 0 Å². The molecule has 0 amide bonds. The Bertz CT molecular complexity index is 636. The predicted molar refractivity (Wildman–Crippen MR) is 83.7 cm³/mol. The van der Waals surface area contributed by atoms with Crippen molar-refractivity contribution in [2.75, 3.05) is 11.9 Å². The summed E-state index contributed by atoms with van der Waals surface area (Å²) in [4.78, 5) is 8.17. The molecule has 10 heteroatoms. The minimum absolute atomic E-state index is 0.265. The second-order valence-electron chi connectivity index (χ2n) is 5.18. The lowest BCUT2D eigenvalue weighted by molar-refractivity contribution is -0.0519. The average Bonchev–Trinajstić information content (AvgIpc) is 3.09. The molecule has 0 aromatic carbocycles. The van der Waals surface area contributed by atoms with E-state index >= 15 is 0 Å². The summed E-state index contributed by atoms with van der Waals surface area (Å²) in [6.07, 6.45) is 0.212. The van der Waals surface area contributed by atoms with E-state index < -0.39 is 36.2 Å². The first-order chi connectivity index (χ1) is 11.0. The molecule has 5 N–H and O–H groups in total. The number of thioether (sulfide) groups is 1. The van der Waals surface area contributed by atoms with Gasteiger partial charge in [0.15, 0.2) is 6.23 Å². The maximum atomic E-state index is 10.6. The first-order valence-corrected chi connectivity index (χ1v) is 7.91. The number of aliphatic hydroxyl groups excluding tert-OH is 3. The third-order valence-corrected chi connectivity index (χ3v) is 4.74. The number of hydrogen-bond acceptors (Lipinski definition) is 9. The fourth-order valence-corrected chi connectivity index (χ4v) is 3.24. The number of aliphatic hydroxyl groups is 4. The summed E-state index contributed by atoms with van der Waals surface area (Å²) < 4.78 is 6.94. The Morgan fingerprint density at radius 2 is 2.26 bits per heavy atom. The second-order valence-corrected chi connectivity index (χ2v) is 6.25. The SMILES string of the molecule is C/C=C\SC1(O)N=CNc2c1ncn2[C@@H]1O[C@H](CO)[C@@H](O)[C@H]1O. The van der Waals surface area contributed by atoms with E-state index in [2.05, 4.69) is 15.3 Å². The lowest BCUT2D eigenvalue weighted by atomic mass is 10.1. The number of aromatic nitrogens is 2. The summed E-state index contributed by atoms with van der Waals surface area (Å²) in [6, 6.07) is 0. The number of allylic oxidation sites excluding steroid dienone is 1. The zero-order valence-electron chi connectivity index (χ0n) is 12.3. The quantitative estimate of drug-likeness (QED) is 0.455. The summed E-state index contributed by atoms with van der Waals surface area (Å²) in [5.41, 5.74) is 0.265. The van der Waals surface area contributed by atoms with Gasteiger partial charge in [0.25, 0.3) is 5.06 Å². The van der Waals surface area contributed by atoms with E-state index in [1.165, 1.54) is 17.2 Å². The van der Waals surface area contributed by atoms with Crippen LogP contribution in [0.5, 0.6) is 0 Å². The topological polar surface area (TPSA) is 132 Å². The number of rotatable bonds is 4. The Labute approximate surface area is 136 Å². The molecule has 1 saturated heterocycles. The Morgan fingerprint density at radius 1 is 1.48 bits per heavy atom. The van der Waals surface area contributed by atoms with E-state index in [-0.39, 0.29) is 5.69 Å². The third kappa shape index (κ3) is 2.67. The standard InChI is InChI=1S/C13H18N4O5S/c1-2-3-23-13(21)10-11(14-5-16-13)17(6-15-10)12-9(20)8(19)7(4-18)22-12/h2-3,5-9,12,18-21H,4H2,1H3,(H,14,16)/b3-2-/t7-,8-,9-,12-,13?/m1/s1. The highest BCUT2D eigenvalue weighted by Crippen LogP contribution is 2.42. The van der Waals surface area contributed by atoms with Gasteiger partial charge in [0.2, 0.25) is 0 Å². The molecular formula is C13H18N4O5S. The fourth-order valence-electron chi connectivity index (χ4n) is 2.54. The van der Waals surface area contributed by atoms with Crippen molar-refractivity contribution >= 4 is 23.9 Å². The molecule has 2 aliphatic heterocycles. The van der Waals surface area contributed by atoms with E-state index in [1.54, 1.807) is 11.5 Å². The number of anilines is 1. The highest BCUT2D eigenvalue weighted by Gasteiger charge is 2.46. The number of hydrogen-bond donors (Lipinski definition) is 5. The monoisotopic (exact) mass is 342 g/mol. The van der Waals surface area contributed by atoms with Gasteiger partial charge in [0.1, 0.15) is 29.8 Å². The van der Waals surface area contributed by atoms with Crippen molar-refractivity contribution in [1.29, 1.82) is 0 Å². The number of imidazole rings is 1. The van der Waals surface area contributed by atoms with E-state index in [1.807, 2.05) is 6.92 Å². The molecule has 1 aromatic heterocycles. The van der Waals surface area contributed by atoms with Gasteiger partial charge in [0.05, 0.1) is 19.3 Å². The molecule has 9 nitrogen and oxygen atoms in total. The Morgan fingerprint density at radius 3 is 2.91 bits per heavy atom. The molecule has 1 aromatic rings. The second kappa shape index (κ2) is 6.23. The summed E-state index contributed by atoms with van der Waals surface area (Å²) in [5, 5.41) is 42.8. The summed E-state index contributed by atoms with van der Waals surface area (Å²) in [5.74, 6) is 0.398. The van der Waals surface area contributed by atoms with Crippen molar-refractivity contribution in [3.05, 3.63) is 23.5 Å². The van der Waals surface area contributed by atoms with Gasteiger partial charge in [-0.2, -0.15) is 0 Å². The maximum absolute atomic E-state index is 10.6. The van der Waals surface area contributed by atoms with Crippen LogP contribution in [-0.4, -0.2) is 61.2 Å². The van der Waals surface area contributed by atoms with Crippen LogP contribution in [0.25, 0.3) is 0 Å². The Balaban J connectivity index is 1.94. The summed E-state index contributed by atoms with van der Waals surface area (Å²) in [6.45, 7) is 1.40. The van der Waals surface area contributed by atoms with Gasteiger partial charge in [-0.1, -0.05) is 17.8 Å². The maximum Gasteiger partial charge on any atom is 0.258 e. The van der Waals surface area contributed by atoms with Gasteiger partial charge in [0, 0.05) is 0 Å². The molecule has 2 aliphatic rings. The lowest BCUT2D eigenvalue weighted by Gasteiger charge is -2.26. The molecule has 0 spiro atoms. The van der Waals surface area contributed by atoms with Gasteiger partial charge in [-0.25, -0.2) is 9.98 Å². The first kappa shape index (κ1) is 16.4. The predicted octanol–water partition coefficient (Wildman–Crippen LogP) is -0.682. The molecule has 3 heterocycles.